The van der Waals surface area contributed by atoms with Crippen molar-refractivity contribution in [1.82, 2.24) is 15.1 Å². The highest BCUT2D eigenvalue weighted by atomic mass is 16.3. The Labute approximate surface area is 149 Å². The molecule has 3 rings (SSSR count). The average molecular weight is 335 g/mol. The van der Waals surface area contributed by atoms with Gasteiger partial charge in [-0.3, -0.25) is 10.00 Å². The minimum atomic E-state index is 0.143. The van der Waals surface area contributed by atoms with Crippen LogP contribution in [-0.2, 0) is 13.1 Å². The van der Waals surface area contributed by atoms with E-state index < -0.39 is 0 Å². The maximum Gasteiger partial charge on any atom is 0.0695 e. The third kappa shape index (κ3) is 4.35. The summed E-state index contributed by atoms with van der Waals surface area (Å²) in [6.07, 6.45) is 1.89. The van der Waals surface area contributed by atoms with Gasteiger partial charge in [0.1, 0.15) is 0 Å². The highest BCUT2D eigenvalue weighted by molar-refractivity contribution is 5.64. The van der Waals surface area contributed by atoms with Crippen molar-refractivity contribution in [1.29, 1.82) is 0 Å². The van der Waals surface area contributed by atoms with Crippen LogP contribution in [0.5, 0.6) is 0 Å². The molecule has 25 heavy (non-hydrogen) atoms. The zero-order valence-corrected chi connectivity index (χ0v) is 14.9. The summed E-state index contributed by atoms with van der Waals surface area (Å²) in [5.74, 6) is 0. The Balaban J connectivity index is 1.81. The van der Waals surface area contributed by atoms with Gasteiger partial charge in [-0.2, -0.15) is 5.10 Å². The Morgan fingerprint density at radius 2 is 1.80 bits per heavy atom. The quantitative estimate of drug-likeness (QED) is 0.692. The largest absolute Gasteiger partial charge is 0.395 e. The van der Waals surface area contributed by atoms with Gasteiger partial charge >= 0.3 is 0 Å². The van der Waals surface area contributed by atoms with Gasteiger partial charge in [0.25, 0.3) is 0 Å². The number of rotatable bonds is 7. The monoisotopic (exact) mass is 335 g/mol. The number of aryl methyl sites for hydroxylation is 2. The van der Waals surface area contributed by atoms with Crippen molar-refractivity contribution in [3.05, 3.63) is 77.0 Å². The lowest BCUT2D eigenvalue weighted by Crippen LogP contribution is -2.26. The molecule has 1 heterocycles. The maximum atomic E-state index is 9.43. The Hall–Kier alpha value is -2.43. The minimum absolute atomic E-state index is 0.143. The molecular formula is C21H25N3O. The summed E-state index contributed by atoms with van der Waals surface area (Å²) >= 11 is 0. The molecule has 0 amide bonds. The van der Waals surface area contributed by atoms with E-state index in [1.54, 1.807) is 0 Å². The Bertz CT molecular complexity index is 811. The van der Waals surface area contributed by atoms with Gasteiger partial charge < -0.3 is 5.11 Å². The molecule has 3 aromatic rings. The highest BCUT2D eigenvalue weighted by Crippen LogP contribution is 2.25. The first-order valence-corrected chi connectivity index (χ1v) is 8.64. The Morgan fingerprint density at radius 1 is 1.00 bits per heavy atom. The van der Waals surface area contributed by atoms with Crippen LogP contribution in [0.2, 0.25) is 0 Å². The summed E-state index contributed by atoms with van der Waals surface area (Å²) in [4.78, 5) is 2.24. The Kier molecular flexibility index (Phi) is 5.64. The van der Waals surface area contributed by atoms with Gasteiger partial charge in [-0.05, 0) is 36.6 Å². The highest BCUT2D eigenvalue weighted by Gasteiger charge is 2.13. The fourth-order valence-electron chi connectivity index (χ4n) is 3.02. The minimum Gasteiger partial charge on any atom is -0.395 e. The number of aliphatic hydroxyl groups excluding tert-OH is 1. The van der Waals surface area contributed by atoms with Crippen LogP contribution >= 0.6 is 0 Å². The molecular weight excluding hydrogens is 310 g/mol. The summed E-state index contributed by atoms with van der Waals surface area (Å²) in [7, 11) is 0. The first-order valence-electron chi connectivity index (χ1n) is 8.64. The van der Waals surface area contributed by atoms with E-state index in [0.717, 1.165) is 29.9 Å². The van der Waals surface area contributed by atoms with Gasteiger partial charge in [0.05, 0.1) is 18.5 Å². The molecule has 0 bridgehead atoms. The number of H-pyrrole nitrogens is 1. The zero-order valence-electron chi connectivity index (χ0n) is 14.9. The predicted molar refractivity (Wildman–Crippen MR) is 101 cm³/mol. The lowest BCUT2D eigenvalue weighted by molar-refractivity contribution is 0.184. The summed E-state index contributed by atoms with van der Waals surface area (Å²) in [5, 5.41) is 16.8. The SMILES string of the molecule is Cc1ccc(-c2[nH]ncc2CN(CCO)Cc2ccccc2)cc1C. The topological polar surface area (TPSA) is 52.2 Å². The molecule has 0 radical (unpaired) electrons. The van der Waals surface area contributed by atoms with Gasteiger partial charge in [0, 0.05) is 30.8 Å². The summed E-state index contributed by atoms with van der Waals surface area (Å²) in [6.45, 7) is 6.57. The standard InChI is InChI=1S/C21H25N3O/c1-16-8-9-19(12-17(16)2)21-20(13-22-23-21)15-24(10-11-25)14-18-6-4-3-5-7-18/h3-9,12-13,25H,10-11,14-15H2,1-2H3,(H,22,23). The van der Waals surface area contributed by atoms with E-state index >= 15 is 0 Å². The van der Waals surface area contributed by atoms with Gasteiger partial charge in [0.15, 0.2) is 0 Å². The normalized spacial score (nSPS) is 11.2. The van der Waals surface area contributed by atoms with Crippen molar-refractivity contribution in [2.75, 3.05) is 13.2 Å². The summed E-state index contributed by atoms with van der Waals surface area (Å²) < 4.78 is 0. The number of aromatic nitrogens is 2. The lowest BCUT2D eigenvalue weighted by Gasteiger charge is -2.21. The molecule has 2 aromatic carbocycles. The second-order valence-corrected chi connectivity index (χ2v) is 6.49. The van der Waals surface area contributed by atoms with Crippen molar-refractivity contribution in [3.8, 4) is 11.3 Å². The molecule has 0 aliphatic heterocycles. The number of aliphatic hydroxyl groups is 1. The van der Waals surface area contributed by atoms with Crippen LogP contribution in [0, 0.1) is 13.8 Å². The van der Waals surface area contributed by atoms with E-state index in [1.807, 2.05) is 24.4 Å². The van der Waals surface area contributed by atoms with Crippen LogP contribution in [0.1, 0.15) is 22.3 Å². The number of hydrogen-bond acceptors (Lipinski definition) is 3. The lowest BCUT2D eigenvalue weighted by atomic mass is 10.0. The molecule has 0 atom stereocenters. The van der Waals surface area contributed by atoms with Crippen LogP contribution in [-0.4, -0.2) is 33.4 Å². The fraction of sp³-hybridized carbons (Fsp3) is 0.286. The third-order valence-corrected chi connectivity index (χ3v) is 4.57. The molecule has 0 saturated heterocycles. The van der Waals surface area contributed by atoms with E-state index in [0.29, 0.717) is 6.54 Å². The number of hydrogen-bond donors (Lipinski definition) is 2. The number of benzene rings is 2. The second kappa shape index (κ2) is 8.10. The molecule has 1 aromatic heterocycles. The van der Waals surface area contributed by atoms with E-state index in [-0.39, 0.29) is 6.61 Å². The van der Waals surface area contributed by atoms with Crippen molar-refractivity contribution in [2.45, 2.75) is 26.9 Å². The van der Waals surface area contributed by atoms with Crippen molar-refractivity contribution >= 4 is 0 Å². The second-order valence-electron chi connectivity index (χ2n) is 6.49. The molecule has 0 unspecified atom stereocenters. The fourth-order valence-corrected chi connectivity index (χ4v) is 3.02. The van der Waals surface area contributed by atoms with Crippen molar-refractivity contribution in [2.24, 2.45) is 0 Å². The molecule has 0 aliphatic carbocycles. The first kappa shape index (κ1) is 17.4. The zero-order chi connectivity index (χ0) is 17.6. The first-order chi connectivity index (χ1) is 12.2. The van der Waals surface area contributed by atoms with Crippen LogP contribution in [0.4, 0.5) is 0 Å². The van der Waals surface area contributed by atoms with Gasteiger partial charge in [0.2, 0.25) is 0 Å². The molecule has 2 N–H and O–H groups in total. The molecule has 0 fully saturated rings. The molecule has 0 aliphatic rings. The maximum absolute atomic E-state index is 9.43. The van der Waals surface area contributed by atoms with Gasteiger partial charge in [-0.25, -0.2) is 0 Å². The number of nitrogens with one attached hydrogen (secondary N) is 1. The molecule has 0 spiro atoms. The number of nitrogens with zero attached hydrogens (tertiary/aromatic N) is 2. The third-order valence-electron chi connectivity index (χ3n) is 4.57. The molecule has 130 valence electrons. The molecule has 0 saturated carbocycles. The summed E-state index contributed by atoms with van der Waals surface area (Å²) in [6, 6.07) is 16.8. The Morgan fingerprint density at radius 3 is 2.52 bits per heavy atom. The van der Waals surface area contributed by atoms with Crippen LogP contribution < -0.4 is 0 Å². The van der Waals surface area contributed by atoms with Crippen LogP contribution in [0.25, 0.3) is 11.3 Å². The molecule has 4 nitrogen and oxygen atoms in total. The van der Waals surface area contributed by atoms with Gasteiger partial charge in [-0.15, -0.1) is 0 Å². The summed E-state index contributed by atoms with van der Waals surface area (Å²) in [5.41, 5.74) is 7.16. The predicted octanol–water partition coefficient (Wildman–Crippen LogP) is 3.69. The van der Waals surface area contributed by atoms with Crippen molar-refractivity contribution in [3.63, 3.8) is 0 Å². The van der Waals surface area contributed by atoms with Gasteiger partial charge in [-0.1, -0.05) is 42.5 Å². The smallest absolute Gasteiger partial charge is 0.0695 e. The van der Waals surface area contributed by atoms with E-state index in [2.05, 4.69) is 59.3 Å². The van der Waals surface area contributed by atoms with E-state index in [4.69, 9.17) is 0 Å². The van der Waals surface area contributed by atoms with E-state index in [1.165, 1.54) is 16.7 Å². The average Bonchev–Trinajstić information content (AvgIpc) is 3.06. The van der Waals surface area contributed by atoms with Crippen molar-refractivity contribution < 1.29 is 5.11 Å². The number of aromatic amines is 1. The van der Waals surface area contributed by atoms with Crippen LogP contribution in [0.15, 0.2) is 54.7 Å². The molecule has 4 heteroatoms. The van der Waals surface area contributed by atoms with Crippen LogP contribution in [0.3, 0.4) is 0 Å². The van der Waals surface area contributed by atoms with E-state index in [9.17, 15) is 5.11 Å².